The average Bonchev–Trinajstić information content (AvgIpc) is 2.63. The van der Waals surface area contributed by atoms with Gasteiger partial charge in [0, 0.05) is 13.1 Å². The van der Waals surface area contributed by atoms with Gasteiger partial charge in [-0.3, -0.25) is 4.68 Å². The highest BCUT2D eigenvalue weighted by atomic mass is 15.3. The van der Waals surface area contributed by atoms with E-state index in [9.17, 15) is 0 Å². The van der Waals surface area contributed by atoms with Crippen molar-refractivity contribution in [2.75, 3.05) is 6.54 Å². The third-order valence-electron chi connectivity index (χ3n) is 2.97. The molecule has 1 aromatic rings. The highest BCUT2D eigenvalue weighted by Gasteiger charge is 2.22. The largest absolute Gasteiger partial charge is 0.309 e. The number of aromatic nitrogens is 2. The fraction of sp³-hybridized carbons (Fsp3) is 0.700. The van der Waals surface area contributed by atoms with Gasteiger partial charge in [0.25, 0.3) is 0 Å². The summed E-state index contributed by atoms with van der Waals surface area (Å²) >= 11 is 0. The molecule has 13 heavy (non-hydrogen) atoms. The predicted octanol–water partition coefficient (Wildman–Crippen LogP) is 1.46. The molecule has 2 rings (SSSR count). The molecular weight excluding hydrogens is 162 g/mol. The Morgan fingerprint density at radius 3 is 2.69 bits per heavy atom. The van der Waals surface area contributed by atoms with Gasteiger partial charge in [-0.1, -0.05) is 0 Å². The van der Waals surface area contributed by atoms with E-state index in [1.165, 1.54) is 24.1 Å². The van der Waals surface area contributed by atoms with E-state index in [4.69, 9.17) is 0 Å². The quantitative estimate of drug-likeness (QED) is 0.707. The van der Waals surface area contributed by atoms with E-state index in [2.05, 4.69) is 24.3 Å². The van der Waals surface area contributed by atoms with Gasteiger partial charge in [0.15, 0.2) is 0 Å². The molecule has 0 saturated carbocycles. The van der Waals surface area contributed by atoms with Crippen LogP contribution in [-0.2, 0) is 7.05 Å². The van der Waals surface area contributed by atoms with Gasteiger partial charge < -0.3 is 5.32 Å². The fourth-order valence-corrected chi connectivity index (χ4v) is 2.19. The van der Waals surface area contributed by atoms with Crippen LogP contribution < -0.4 is 5.32 Å². The highest BCUT2D eigenvalue weighted by molar-refractivity contribution is 5.26. The van der Waals surface area contributed by atoms with Crippen LogP contribution in [0.25, 0.3) is 0 Å². The van der Waals surface area contributed by atoms with E-state index < -0.39 is 0 Å². The third-order valence-corrected chi connectivity index (χ3v) is 2.97. The molecule has 1 aliphatic heterocycles. The van der Waals surface area contributed by atoms with Gasteiger partial charge in [0.2, 0.25) is 0 Å². The summed E-state index contributed by atoms with van der Waals surface area (Å²) in [6, 6.07) is 0.534. The molecule has 0 spiro atoms. The van der Waals surface area contributed by atoms with Crippen molar-refractivity contribution in [1.82, 2.24) is 15.1 Å². The minimum Gasteiger partial charge on any atom is -0.309 e. The zero-order chi connectivity index (χ0) is 9.42. The first-order valence-electron chi connectivity index (χ1n) is 4.93. The smallest absolute Gasteiger partial charge is 0.0626 e. The van der Waals surface area contributed by atoms with Crippen molar-refractivity contribution in [3.05, 3.63) is 17.0 Å². The summed E-state index contributed by atoms with van der Waals surface area (Å²) in [5.41, 5.74) is 3.88. The minimum absolute atomic E-state index is 0.534. The second-order valence-corrected chi connectivity index (χ2v) is 3.87. The Labute approximate surface area is 79.1 Å². The van der Waals surface area contributed by atoms with Crippen molar-refractivity contribution in [3.63, 3.8) is 0 Å². The van der Waals surface area contributed by atoms with E-state index in [0.29, 0.717) is 6.04 Å². The van der Waals surface area contributed by atoms with Gasteiger partial charge in [-0.05, 0) is 38.8 Å². The molecule has 0 unspecified atom stereocenters. The normalized spacial score (nSPS) is 22.5. The second kappa shape index (κ2) is 3.14. The molecule has 3 heteroatoms. The number of hydrogen-bond donors (Lipinski definition) is 1. The molecule has 1 aliphatic rings. The van der Waals surface area contributed by atoms with Gasteiger partial charge >= 0.3 is 0 Å². The van der Waals surface area contributed by atoms with Gasteiger partial charge in [-0.25, -0.2) is 0 Å². The van der Waals surface area contributed by atoms with Crippen molar-refractivity contribution in [3.8, 4) is 0 Å². The SMILES string of the molecule is Cc1nn(C)c([C@@H]2CCCN2)c1C. The second-order valence-electron chi connectivity index (χ2n) is 3.87. The summed E-state index contributed by atoms with van der Waals surface area (Å²) in [5, 5.41) is 7.94. The topological polar surface area (TPSA) is 29.9 Å². The zero-order valence-electron chi connectivity index (χ0n) is 8.59. The molecule has 0 aromatic carbocycles. The number of nitrogens with one attached hydrogen (secondary N) is 1. The molecule has 0 bridgehead atoms. The molecule has 3 nitrogen and oxygen atoms in total. The summed E-state index contributed by atoms with van der Waals surface area (Å²) in [4.78, 5) is 0. The van der Waals surface area contributed by atoms with E-state index in [1.807, 2.05) is 11.7 Å². The van der Waals surface area contributed by atoms with Crippen molar-refractivity contribution in [1.29, 1.82) is 0 Å². The average molecular weight is 179 g/mol. The van der Waals surface area contributed by atoms with Crippen molar-refractivity contribution in [2.45, 2.75) is 32.7 Å². The lowest BCUT2D eigenvalue weighted by Crippen LogP contribution is -2.17. The van der Waals surface area contributed by atoms with Crippen molar-refractivity contribution >= 4 is 0 Å². The summed E-state index contributed by atoms with van der Waals surface area (Å²) < 4.78 is 2.02. The van der Waals surface area contributed by atoms with E-state index in [0.717, 1.165) is 12.2 Å². The van der Waals surface area contributed by atoms with Crippen LogP contribution >= 0.6 is 0 Å². The lowest BCUT2D eigenvalue weighted by Gasteiger charge is -2.11. The maximum atomic E-state index is 4.43. The molecule has 1 saturated heterocycles. The first-order chi connectivity index (χ1) is 6.20. The van der Waals surface area contributed by atoms with Gasteiger partial charge in [0.1, 0.15) is 0 Å². The Hall–Kier alpha value is -0.830. The van der Waals surface area contributed by atoms with E-state index in [-0.39, 0.29) is 0 Å². The van der Waals surface area contributed by atoms with Crippen LogP contribution in [0.5, 0.6) is 0 Å². The summed E-state index contributed by atoms with van der Waals surface area (Å²) in [5.74, 6) is 0. The molecular formula is C10H17N3. The zero-order valence-corrected chi connectivity index (χ0v) is 8.59. The van der Waals surface area contributed by atoms with Crippen molar-refractivity contribution < 1.29 is 0 Å². The molecule has 72 valence electrons. The first-order valence-corrected chi connectivity index (χ1v) is 4.93. The highest BCUT2D eigenvalue weighted by Crippen LogP contribution is 2.26. The lowest BCUT2D eigenvalue weighted by molar-refractivity contribution is 0.571. The Morgan fingerprint density at radius 1 is 1.46 bits per heavy atom. The fourth-order valence-electron chi connectivity index (χ4n) is 2.19. The monoisotopic (exact) mass is 179 g/mol. The molecule has 1 N–H and O–H groups in total. The van der Waals surface area contributed by atoms with Crippen LogP contribution in [0.3, 0.4) is 0 Å². The molecule has 1 aromatic heterocycles. The molecule has 2 heterocycles. The number of hydrogen-bond acceptors (Lipinski definition) is 2. The van der Waals surface area contributed by atoms with Crippen LogP contribution in [0.1, 0.15) is 35.8 Å². The maximum absolute atomic E-state index is 4.43. The Morgan fingerprint density at radius 2 is 2.23 bits per heavy atom. The third kappa shape index (κ3) is 1.37. The Balaban J connectivity index is 2.37. The van der Waals surface area contributed by atoms with Crippen molar-refractivity contribution in [2.24, 2.45) is 7.05 Å². The summed E-state index contributed by atoms with van der Waals surface area (Å²) in [6.07, 6.45) is 2.54. The first kappa shape index (κ1) is 8.75. The number of rotatable bonds is 1. The Bertz CT molecular complexity index is 308. The van der Waals surface area contributed by atoms with Gasteiger partial charge in [0.05, 0.1) is 11.4 Å². The van der Waals surface area contributed by atoms with Gasteiger partial charge in [-0.15, -0.1) is 0 Å². The maximum Gasteiger partial charge on any atom is 0.0626 e. The standard InChI is InChI=1S/C10H17N3/c1-7-8(2)12-13(3)10(7)9-5-4-6-11-9/h9,11H,4-6H2,1-3H3/t9-/m0/s1. The lowest BCUT2D eigenvalue weighted by atomic mass is 10.1. The molecule has 1 atom stereocenters. The molecule has 0 aliphatic carbocycles. The van der Waals surface area contributed by atoms with Crippen LogP contribution in [0, 0.1) is 13.8 Å². The Kier molecular flexibility index (Phi) is 2.12. The number of aryl methyl sites for hydroxylation is 2. The molecule has 0 amide bonds. The predicted molar refractivity (Wildman–Crippen MR) is 52.7 cm³/mol. The molecule has 1 fully saturated rings. The summed E-state index contributed by atoms with van der Waals surface area (Å²) in [7, 11) is 2.04. The van der Waals surface area contributed by atoms with E-state index in [1.54, 1.807) is 0 Å². The van der Waals surface area contributed by atoms with Gasteiger partial charge in [-0.2, -0.15) is 5.10 Å². The van der Waals surface area contributed by atoms with Crippen LogP contribution in [0.15, 0.2) is 0 Å². The minimum atomic E-state index is 0.534. The van der Waals surface area contributed by atoms with Crippen LogP contribution in [0.2, 0.25) is 0 Å². The van der Waals surface area contributed by atoms with E-state index >= 15 is 0 Å². The van der Waals surface area contributed by atoms with Crippen LogP contribution in [-0.4, -0.2) is 16.3 Å². The summed E-state index contributed by atoms with van der Waals surface area (Å²) in [6.45, 7) is 5.39. The molecule has 0 radical (unpaired) electrons. The van der Waals surface area contributed by atoms with Crippen LogP contribution in [0.4, 0.5) is 0 Å². The number of nitrogens with zero attached hydrogens (tertiary/aromatic N) is 2.